The Labute approximate surface area is 172 Å². The first-order valence-corrected chi connectivity index (χ1v) is 10.4. The topological polar surface area (TPSA) is 67.4 Å². The van der Waals surface area contributed by atoms with Gasteiger partial charge in [0, 0.05) is 17.3 Å². The number of carbonyl (C=O) groups excluding carboxylic acids is 2. The second-order valence-electron chi connectivity index (χ2n) is 7.97. The third-order valence-corrected chi connectivity index (χ3v) is 5.31. The maximum absolute atomic E-state index is 12.4. The Kier molecular flexibility index (Phi) is 7.28. The van der Waals surface area contributed by atoms with Crippen LogP contribution in [0.3, 0.4) is 0 Å². The molecule has 0 bridgehead atoms. The van der Waals surface area contributed by atoms with E-state index in [1.54, 1.807) is 12.1 Å². The monoisotopic (exact) mass is 394 g/mol. The van der Waals surface area contributed by atoms with Gasteiger partial charge in [-0.1, -0.05) is 51.3 Å². The van der Waals surface area contributed by atoms with Crippen molar-refractivity contribution in [2.24, 2.45) is 5.92 Å². The number of amides is 2. The van der Waals surface area contributed by atoms with Crippen LogP contribution < -0.4 is 15.4 Å². The summed E-state index contributed by atoms with van der Waals surface area (Å²) in [4.78, 5) is 24.6. The van der Waals surface area contributed by atoms with E-state index in [9.17, 15) is 9.59 Å². The Morgan fingerprint density at radius 2 is 1.62 bits per heavy atom. The molecule has 1 aliphatic rings. The third kappa shape index (κ3) is 6.34. The molecule has 2 aromatic carbocycles. The highest BCUT2D eigenvalue weighted by Crippen LogP contribution is 2.25. The zero-order chi connectivity index (χ0) is 20.6. The zero-order valence-electron chi connectivity index (χ0n) is 17.2. The van der Waals surface area contributed by atoms with Crippen LogP contribution in [-0.2, 0) is 9.59 Å². The highest BCUT2D eigenvalue weighted by molar-refractivity contribution is 5.95. The molecule has 5 nitrogen and oxygen atoms in total. The summed E-state index contributed by atoms with van der Waals surface area (Å²) in [6, 6.07) is 15.0. The number of carbonyl (C=O) groups is 2. The number of benzene rings is 2. The molecule has 5 heteroatoms. The van der Waals surface area contributed by atoms with Gasteiger partial charge in [-0.15, -0.1) is 0 Å². The van der Waals surface area contributed by atoms with E-state index in [0.717, 1.165) is 25.7 Å². The molecule has 0 heterocycles. The largest absolute Gasteiger partial charge is 0.484 e. The summed E-state index contributed by atoms with van der Waals surface area (Å²) >= 11 is 0. The molecule has 0 atom stereocenters. The average Bonchev–Trinajstić information content (AvgIpc) is 2.73. The summed E-state index contributed by atoms with van der Waals surface area (Å²) in [5.41, 5.74) is 2.56. The molecule has 0 saturated heterocycles. The summed E-state index contributed by atoms with van der Waals surface area (Å²) in [7, 11) is 0. The van der Waals surface area contributed by atoms with Crippen molar-refractivity contribution in [2.75, 3.05) is 17.2 Å². The van der Waals surface area contributed by atoms with Gasteiger partial charge in [0.25, 0.3) is 5.91 Å². The molecule has 0 aliphatic heterocycles. The molecule has 2 amide bonds. The maximum atomic E-state index is 12.4. The van der Waals surface area contributed by atoms with Gasteiger partial charge in [0.15, 0.2) is 6.61 Å². The van der Waals surface area contributed by atoms with Gasteiger partial charge in [0.1, 0.15) is 5.75 Å². The number of hydrogen-bond donors (Lipinski definition) is 2. The Bertz CT molecular complexity index is 824. The second kappa shape index (κ2) is 10.1. The lowest BCUT2D eigenvalue weighted by Crippen LogP contribution is -2.25. The van der Waals surface area contributed by atoms with E-state index in [2.05, 4.69) is 24.5 Å². The predicted octanol–water partition coefficient (Wildman–Crippen LogP) is 5.35. The van der Waals surface area contributed by atoms with Crippen molar-refractivity contribution in [3.8, 4) is 5.75 Å². The van der Waals surface area contributed by atoms with Gasteiger partial charge in [-0.3, -0.25) is 9.59 Å². The maximum Gasteiger partial charge on any atom is 0.262 e. The van der Waals surface area contributed by atoms with Crippen LogP contribution in [0, 0.1) is 5.92 Å². The second-order valence-corrected chi connectivity index (χ2v) is 7.97. The van der Waals surface area contributed by atoms with Crippen LogP contribution in [0.4, 0.5) is 11.4 Å². The van der Waals surface area contributed by atoms with Crippen molar-refractivity contribution in [3.05, 3.63) is 54.1 Å². The SMILES string of the molecule is CC(C)c1ccc(OCC(=O)Nc2cccc(NC(=O)C3CCCCC3)c2)cc1. The molecule has 0 spiro atoms. The lowest BCUT2D eigenvalue weighted by atomic mass is 9.88. The van der Waals surface area contributed by atoms with Gasteiger partial charge in [0.05, 0.1) is 0 Å². The van der Waals surface area contributed by atoms with Crippen LogP contribution in [0.2, 0.25) is 0 Å². The number of hydrogen-bond acceptors (Lipinski definition) is 3. The van der Waals surface area contributed by atoms with Crippen molar-refractivity contribution in [3.63, 3.8) is 0 Å². The summed E-state index contributed by atoms with van der Waals surface area (Å²) in [5, 5.41) is 5.80. The standard InChI is InChI=1S/C24H30N2O3/c1-17(2)18-11-13-22(14-12-18)29-16-23(27)25-20-9-6-10-21(15-20)26-24(28)19-7-4-3-5-8-19/h6,9-15,17,19H,3-5,7-8,16H2,1-2H3,(H,25,27)(H,26,28). The predicted molar refractivity (Wildman–Crippen MR) is 116 cm³/mol. The first-order valence-electron chi connectivity index (χ1n) is 10.4. The van der Waals surface area contributed by atoms with E-state index in [0.29, 0.717) is 23.0 Å². The molecule has 2 N–H and O–H groups in total. The zero-order valence-corrected chi connectivity index (χ0v) is 17.2. The van der Waals surface area contributed by atoms with E-state index in [1.807, 2.05) is 36.4 Å². The fraction of sp³-hybridized carbons (Fsp3) is 0.417. The number of anilines is 2. The first-order chi connectivity index (χ1) is 14.0. The minimum absolute atomic E-state index is 0.0698. The van der Waals surface area contributed by atoms with Crippen molar-refractivity contribution < 1.29 is 14.3 Å². The van der Waals surface area contributed by atoms with Crippen molar-refractivity contribution >= 4 is 23.2 Å². The summed E-state index contributed by atoms with van der Waals surface area (Å²) in [6.07, 6.45) is 5.37. The third-order valence-electron chi connectivity index (χ3n) is 5.31. The van der Waals surface area contributed by atoms with Crippen molar-refractivity contribution in [1.82, 2.24) is 0 Å². The Morgan fingerprint density at radius 1 is 0.966 bits per heavy atom. The van der Waals surface area contributed by atoms with E-state index < -0.39 is 0 Å². The van der Waals surface area contributed by atoms with Gasteiger partial charge in [-0.2, -0.15) is 0 Å². The van der Waals surface area contributed by atoms with Gasteiger partial charge in [-0.25, -0.2) is 0 Å². The van der Waals surface area contributed by atoms with E-state index in [-0.39, 0.29) is 24.3 Å². The van der Waals surface area contributed by atoms with Crippen LogP contribution in [0.1, 0.15) is 57.4 Å². The average molecular weight is 395 g/mol. The molecule has 2 aromatic rings. The van der Waals surface area contributed by atoms with E-state index >= 15 is 0 Å². The molecule has 0 aromatic heterocycles. The summed E-state index contributed by atoms with van der Waals surface area (Å²) in [5.74, 6) is 1.05. The fourth-order valence-corrected chi connectivity index (χ4v) is 3.58. The number of rotatable bonds is 7. The van der Waals surface area contributed by atoms with Crippen LogP contribution in [0.5, 0.6) is 5.75 Å². The highest BCUT2D eigenvalue weighted by atomic mass is 16.5. The van der Waals surface area contributed by atoms with Crippen LogP contribution in [0.25, 0.3) is 0 Å². The smallest absolute Gasteiger partial charge is 0.262 e. The lowest BCUT2D eigenvalue weighted by Gasteiger charge is -2.20. The van der Waals surface area contributed by atoms with Gasteiger partial charge >= 0.3 is 0 Å². The minimum atomic E-state index is -0.242. The molecule has 1 saturated carbocycles. The molecule has 3 rings (SSSR count). The van der Waals surface area contributed by atoms with Gasteiger partial charge < -0.3 is 15.4 Å². The number of nitrogens with one attached hydrogen (secondary N) is 2. The van der Waals surface area contributed by atoms with Crippen molar-refractivity contribution in [1.29, 1.82) is 0 Å². The minimum Gasteiger partial charge on any atom is -0.484 e. The normalized spacial score (nSPS) is 14.4. The van der Waals surface area contributed by atoms with Crippen molar-refractivity contribution in [2.45, 2.75) is 51.9 Å². The Balaban J connectivity index is 1.49. The Morgan fingerprint density at radius 3 is 2.28 bits per heavy atom. The van der Waals surface area contributed by atoms with E-state index in [4.69, 9.17) is 4.74 Å². The molecular formula is C24H30N2O3. The van der Waals surface area contributed by atoms with Crippen LogP contribution >= 0.6 is 0 Å². The first kappa shape index (κ1) is 20.9. The fourth-order valence-electron chi connectivity index (χ4n) is 3.58. The molecule has 0 unspecified atom stereocenters. The summed E-state index contributed by atoms with van der Waals surface area (Å²) < 4.78 is 5.57. The molecule has 0 radical (unpaired) electrons. The van der Waals surface area contributed by atoms with Crippen LogP contribution in [0.15, 0.2) is 48.5 Å². The quantitative estimate of drug-likeness (QED) is 0.665. The molecule has 1 fully saturated rings. The van der Waals surface area contributed by atoms with Gasteiger partial charge in [-0.05, 0) is 54.7 Å². The highest BCUT2D eigenvalue weighted by Gasteiger charge is 2.21. The lowest BCUT2D eigenvalue weighted by molar-refractivity contribution is -0.120. The van der Waals surface area contributed by atoms with Gasteiger partial charge in [0.2, 0.25) is 5.91 Å². The molecule has 154 valence electrons. The molecule has 1 aliphatic carbocycles. The van der Waals surface area contributed by atoms with E-state index in [1.165, 1.54) is 12.0 Å². The molecule has 29 heavy (non-hydrogen) atoms. The molecular weight excluding hydrogens is 364 g/mol. The summed E-state index contributed by atoms with van der Waals surface area (Å²) in [6.45, 7) is 4.20. The number of ether oxygens (including phenoxy) is 1. The van der Waals surface area contributed by atoms with Crippen LogP contribution in [-0.4, -0.2) is 18.4 Å². The Hall–Kier alpha value is -2.82.